The highest BCUT2D eigenvalue weighted by Crippen LogP contribution is 2.19. The Morgan fingerprint density at radius 1 is 1.37 bits per heavy atom. The number of nitrogens with one attached hydrogen (secondary N) is 2. The Kier molecular flexibility index (Phi) is 3.36. The Labute approximate surface area is 116 Å². The fraction of sp³-hybridized carbons (Fsp3) is 0.267. The van der Waals surface area contributed by atoms with Crippen LogP contribution in [0.2, 0.25) is 0 Å². The Balaban J connectivity index is 1.68. The summed E-state index contributed by atoms with van der Waals surface area (Å²) in [5.41, 5.74) is 3.59. The van der Waals surface area contributed by atoms with Crippen LogP contribution in [-0.2, 0) is 6.54 Å². The van der Waals surface area contributed by atoms with Crippen molar-refractivity contribution in [2.45, 2.75) is 26.4 Å². The van der Waals surface area contributed by atoms with Crippen molar-refractivity contribution in [3.05, 3.63) is 52.1 Å². The van der Waals surface area contributed by atoms with Crippen molar-refractivity contribution >= 4 is 22.2 Å². The van der Waals surface area contributed by atoms with E-state index in [0.29, 0.717) is 6.04 Å². The molecular formula is C15H17N3S. The van der Waals surface area contributed by atoms with Gasteiger partial charge in [0.15, 0.2) is 0 Å². The molecule has 0 aliphatic rings. The van der Waals surface area contributed by atoms with Crippen LogP contribution in [0.5, 0.6) is 0 Å². The van der Waals surface area contributed by atoms with E-state index in [-0.39, 0.29) is 0 Å². The van der Waals surface area contributed by atoms with E-state index >= 15 is 0 Å². The summed E-state index contributed by atoms with van der Waals surface area (Å²) in [6.07, 6.45) is 1.98. The van der Waals surface area contributed by atoms with Gasteiger partial charge in [-0.15, -0.1) is 11.3 Å². The fourth-order valence-corrected chi connectivity index (χ4v) is 2.97. The van der Waals surface area contributed by atoms with E-state index in [4.69, 9.17) is 0 Å². The first-order valence-corrected chi connectivity index (χ1v) is 7.32. The summed E-state index contributed by atoms with van der Waals surface area (Å²) in [6, 6.07) is 8.90. The topological polar surface area (TPSA) is 40.7 Å². The normalized spacial score (nSPS) is 12.9. The molecule has 1 unspecified atom stereocenters. The molecule has 98 valence electrons. The lowest BCUT2D eigenvalue weighted by atomic mass is 10.1. The van der Waals surface area contributed by atoms with Crippen LogP contribution in [0.4, 0.5) is 0 Å². The maximum Gasteiger partial charge on any atom is 0.110 e. The number of H-pyrrole nitrogens is 1. The van der Waals surface area contributed by atoms with Crippen molar-refractivity contribution in [3.8, 4) is 0 Å². The summed E-state index contributed by atoms with van der Waals surface area (Å²) in [6.45, 7) is 5.06. The minimum atomic E-state index is 0.292. The molecule has 0 aliphatic carbocycles. The third-order valence-corrected chi connectivity index (χ3v) is 4.38. The number of aromatic amines is 1. The van der Waals surface area contributed by atoms with Gasteiger partial charge in [-0.05, 0) is 43.0 Å². The number of aryl methyl sites for hydroxylation is 1. The van der Waals surface area contributed by atoms with Crippen LogP contribution in [0.1, 0.15) is 29.2 Å². The highest BCUT2D eigenvalue weighted by Gasteiger charge is 2.08. The van der Waals surface area contributed by atoms with Gasteiger partial charge >= 0.3 is 0 Å². The molecule has 0 spiro atoms. The first-order chi connectivity index (χ1) is 9.22. The molecule has 4 heteroatoms. The predicted molar refractivity (Wildman–Crippen MR) is 80.4 cm³/mol. The molecule has 3 rings (SSSR count). The summed E-state index contributed by atoms with van der Waals surface area (Å²) in [7, 11) is 0. The second kappa shape index (κ2) is 5.15. The van der Waals surface area contributed by atoms with Gasteiger partial charge in [0.2, 0.25) is 0 Å². The van der Waals surface area contributed by atoms with Crippen LogP contribution in [-0.4, -0.2) is 9.97 Å². The lowest BCUT2D eigenvalue weighted by Crippen LogP contribution is -2.17. The molecule has 0 saturated heterocycles. The molecule has 2 heterocycles. The third kappa shape index (κ3) is 2.69. The number of nitrogens with zero attached hydrogens (tertiary/aromatic N) is 1. The first-order valence-electron chi connectivity index (χ1n) is 6.44. The molecule has 2 N–H and O–H groups in total. The van der Waals surface area contributed by atoms with Gasteiger partial charge in [-0.25, -0.2) is 4.98 Å². The molecule has 1 aromatic carbocycles. The van der Waals surface area contributed by atoms with Gasteiger partial charge in [-0.2, -0.15) is 0 Å². The minimum absolute atomic E-state index is 0.292. The molecule has 3 nitrogen and oxygen atoms in total. The fourth-order valence-electron chi connectivity index (χ4n) is 2.14. The number of hydrogen-bond donors (Lipinski definition) is 2. The molecule has 0 fully saturated rings. The van der Waals surface area contributed by atoms with Gasteiger partial charge in [0.25, 0.3) is 0 Å². The van der Waals surface area contributed by atoms with E-state index in [1.54, 1.807) is 11.3 Å². The van der Waals surface area contributed by atoms with E-state index in [9.17, 15) is 0 Å². The first kappa shape index (κ1) is 12.4. The Bertz CT molecular complexity index is 683. The van der Waals surface area contributed by atoms with Gasteiger partial charge in [0.05, 0.1) is 6.04 Å². The van der Waals surface area contributed by atoms with Crippen LogP contribution < -0.4 is 5.32 Å². The van der Waals surface area contributed by atoms with Crippen molar-refractivity contribution in [2.75, 3.05) is 0 Å². The molecule has 3 aromatic rings. The summed E-state index contributed by atoms with van der Waals surface area (Å²) in [4.78, 5) is 7.73. The van der Waals surface area contributed by atoms with Gasteiger partial charge < -0.3 is 10.3 Å². The molecule has 0 saturated carbocycles. The molecule has 0 amide bonds. The summed E-state index contributed by atoms with van der Waals surface area (Å²) in [5, 5.41) is 8.03. The molecule has 0 bridgehead atoms. The van der Waals surface area contributed by atoms with Crippen molar-refractivity contribution in [2.24, 2.45) is 0 Å². The smallest absolute Gasteiger partial charge is 0.110 e. The zero-order valence-corrected chi connectivity index (χ0v) is 11.9. The molecule has 0 aliphatic heterocycles. The molecule has 1 atom stereocenters. The maximum atomic E-state index is 4.52. The summed E-state index contributed by atoms with van der Waals surface area (Å²) >= 11 is 1.72. The van der Waals surface area contributed by atoms with Crippen molar-refractivity contribution < 1.29 is 0 Å². The SMILES string of the molecule is Cc1csc(C(C)NCc2ccc3[nH]ccc3c2)n1. The van der Waals surface area contributed by atoms with Crippen LogP contribution >= 0.6 is 11.3 Å². The average Bonchev–Trinajstić information content (AvgIpc) is 3.03. The number of thiazole rings is 1. The molecular weight excluding hydrogens is 254 g/mol. The number of rotatable bonds is 4. The largest absolute Gasteiger partial charge is 0.361 e. The summed E-state index contributed by atoms with van der Waals surface area (Å²) < 4.78 is 0. The maximum absolute atomic E-state index is 4.52. The van der Waals surface area contributed by atoms with Gasteiger partial charge in [-0.3, -0.25) is 0 Å². The van der Waals surface area contributed by atoms with Crippen LogP contribution in [0, 0.1) is 6.92 Å². The Morgan fingerprint density at radius 3 is 3.05 bits per heavy atom. The van der Waals surface area contributed by atoms with Crippen LogP contribution in [0.3, 0.4) is 0 Å². The second-order valence-electron chi connectivity index (χ2n) is 4.83. The monoisotopic (exact) mass is 271 g/mol. The lowest BCUT2D eigenvalue weighted by Gasteiger charge is -2.11. The standard InChI is InChI=1S/C15H17N3S/c1-10-9-19-15(18-10)11(2)17-8-12-3-4-14-13(7-12)5-6-16-14/h3-7,9,11,16-17H,8H2,1-2H3. The zero-order valence-electron chi connectivity index (χ0n) is 11.1. The van der Waals surface area contributed by atoms with Crippen molar-refractivity contribution in [3.63, 3.8) is 0 Å². The molecule has 2 aromatic heterocycles. The number of aromatic nitrogens is 2. The zero-order chi connectivity index (χ0) is 13.2. The number of fused-ring (bicyclic) bond motifs is 1. The average molecular weight is 271 g/mol. The van der Waals surface area contributed by atoms with Crippen molar-refractivity contribution in [1.82, 2.24) is 15.3 Å². The van der Waals surface area contributed by atoms with Crippen LogP contribution in [0.25, 0.3) is 10.9 Å². The van der Waals surface area contributed by atoms with E-state index in [1.807, 2.05) is 13.1 Å². The van der Waals surface area contributed by atoms with E-state index in [0.717, 1.165) is 17.2 Å². The van der Waals surface area contributed by atoms with Gasteiger partial charge in [0.1, 0.15) is 5.01 Å². The number of benzene rings is 1. The highest BCUT2D eigenvalue weighted by atomic mass is 32.1. The van der Waals surface area contributed by atoms with Gasteiger partial charge in [0, 0.05) is 29.3 Å². The Hall–Kier alpha value is -1.65. The van der Waals surface area contributed by atoms with E-state index < -0.39 is 0 Å². The van der Waals surface area contributed by atoms with Crippen LogP contribution in [0.15, 0.2) is 35.8 Å². The van der Waals surface area contributed by atoms with E-state index in [2.05, 4.69) is 51.9 Å². The number of hydrogen-bond acceptors (Lipinski definition) is 3. The quantitative estimate of drug-likeness (QED) is 0.758. The van der Waals surface area contributed by atoms with Gasteiger partial charge in [-0.1, -0.05) is 6.07 Å². The Morgan fingerprint density at radius 2 is 2.26 bits per heavy atom. The minimum Gasteiger partial charge on any atom is -0.361 e. The third-order valence-electron chi connectivity index (χ3n) is 3.24. The molecule has 19 heavy (non-hydrogen) atoms. The second-order valence-corrected chi connectivity index (χ2v) is 5.72. The highest BCUT2D eigenvalue weighted by molar-refractivity contribution is 7.09. The lowest BCUT2D eigenvalue weighted by molar-refractivity contribution is 0.571. The predicted octanol–water partition coefficient (Wildman–Crippen LogP) is 3.78. The molecule has 0 radical (unpaired) electrons. The van der Waals surface area contributed by atoms with Crippen molar-refractivity contribution in [1.29, 1.82) is 0 Å². The summed E-state index contributed by atoms with van der Waals surface area (Å²) in [5.74, 6) is 0. The van der Waals surface area contributed by atoms with E-state index in [1.165, 1.54) is 16.5 Å².